The van der Waals surface area contributed by atoms with E-state index in [1.807, 2.05) is 0 Å². The molecule has 0 spiro atoms. The predicted octanol–water partition coefficient (Wildman–Crippen LogP) is 2.58. The molecule has 1 aromatic heterocycles. The Kier molecular flexibility index (Phi) is 5.20. The summed E-state index contributed by atoms with van der Waals surface area (Å²) in [7, 11) is 0. The van der Waals surface area contributed by atoms with Gasteiger partial charge in [-0.1, -0.05) is 31.4 Å². The van der Waals surface area contributed by atoms with Crippen molar-refractivity contribution in [2.45, 2.75) is 32.6 Å². The average Bonchev–Trinajstić information content (AvgIpc) is 2.47. The molecule has 5 nitrogen and oxygen atoms in total. The summed E-state index contributed by atoms with van der Waals surface area (Å²) in [5.74, 6) is 6.83. The van der Waals surface area contributed by atoms with Gasteiger partial charge in [0.25, 0.3) is 5.91 Å². The lowest BCUT2D eigenvalue weighted by atomic mass is 9.83. The zero-order valence-corrected chi connectivity index (χ0v) is 12.4. The summed E-state index contributed by atoms with van der Waals surface area (Å²) in [5, 5.41) is 3.25. The summed E-state index contributed by atoms with van der Waals surface area (Å²) in [6, 6.07) is 3.24. The number of carbonyl (C=O) groups is 1. The number of hydrogen-bond donors (Lipinski definition) is 3. The van der Waals surface area contributed by atoms with Gasteiger partial charge in [0, 0.05) is 6.54 Å². The van der Waals surface area contributed by atoms with Crippen LogP contribution in [0, 0.1) is 11.8 Å². The van der Waals surface area contributed by atoms with Crippen LogP contribution in [0.1, 0.15) is 43.1 Å². The van der Waals surface area contributed by atoms with Crippen LogP contribution in [0.2, 0.25) is 5.02 Å². The second-order valence-electron chi connectivity index (χ2n) is 5.51. The van der Waals surface area contributed by atoms with Crippen LogP contribution in [0.3, 0.4) is 0 Å². The van der Waals surface area contributed by atoms with E-state index in [1.54, 1.807) is 12.1 Å². The molecule has 1 aliphatic rings. The summed E-state index contributed by atoms with van der Waals surface area (Å²) in [6.45, 7) is 2.97. The van der Waals surface area contributed by atoms with Gasteiger partial charge in [-0.25, -0.2) is 10.8 Å². The number of nitrogens with one attached hydrogen (secondary N) is 2. The van der Waals surface area contributed by atoms with Crippen molar-refractivity contribution in [2.75, 3.05) is 12.0 Å². The molecule has 1 amide bonds. The summed E-state index contributed by atoms with van der Waals surface area (Å²) in [5.41, 5.74) is 2.62. The summed E-state index contributed by atoms with van der Waals surface area (Å²) >= 11 is 6.00. The number of nitrogens with zero attached hydrogens (tertiary/aromatic N) is 1. The Hall–Kier alpha value is -1.33. The lowest BCUT2D eigenvalue weighted by Crippen LogP contribution is -2.32. The van der Waals surface area contributed by atoms with E-state index in [0.29, 0.717) is 23.3 Å². The second kappa shape index (κ2) is 6.90. The van der Waals surface area contributed by atoms with Gasteiger partial charge >= 0.3 is 0 Å². The van der Waals surface area contributed by atoms with Crippen molar-refractivity contribution in [1.82, 2.24) is 10.3 Å². The Balaban J connectivity index is 1.91. The quantitative estimate of drug-likeness (QED) is 0.589. The molecule has 110 valence electrons. The van der Waals surface area contributed by atoms with Crippen molar-refractivity contribution < 1.29 is 4.79 Å². The minimum absolute atomic E-state index is 0.214. The first-order valence-electron chi connectivity index (χ1n) is 7.01. The van der Waals surface area contributed by atoms with Crippen LogP contribution in [0.25, 0.3) is 0 Å². The molecule has 1 heterocycles. The van der Waals surface area contributed by atoms with Gasteiger partial charge < -0.3 is 10.7 Å². The highest BCUT2D eigenvalue weighted by molar-refractivity contribution is 6.33. The highest BCUT2D eigenvalue weighted by Gasteiger charge is 2.20. The first-order chi connectivity index (χ1) is 9.60. The normalized spacial score (nSPS) is 22.4. The van der Waals surface area contributed by atoms with Crippen LogP contribution in [-0.2, 0) is 0 Å². The molecule has 6 heteroatoms. The fraction of sp³-hybridized carbons (Fsp3) is 0.571. The molecule has 2 rings (SSSR count). The molecular weight excluding hydrogens is 276 g/mol. The first-order valence-corrected chi connectivity index (χ1v) is 7.39. The molecule has 1 aromatic rings. The monoisotopic (exact) mass is 296 g/mol. The highest BCUT2D eigenvalue weighted by Crippen LogP contribution is 2.27. The Labute approximate surface area is 124 Å². The minimum atomic E-state index is -0.245. The van der Waals surface area contributed by atoms with E-state index in [4.69, 9.17) is 17.4 Å². The smallest absolute Gasteiger partial charge is 0.271 e. The second-order valence-corrected chi connectivity index (χ2v) is 5.91. The molecule has 0 bridgehead atoms. The van der Waals surface area contributed by atoms with E-state index in [2.05, 4.69) is 22.7 Å². The Morgan fingerprint density at radius 1 is 1.40 bits per heavy atom. The van der Waals surface area contributed by atoms with Crippen LogP contribution >= 0.6 is 11.6 Å². The zero-order chi connectivity index (χ0) is 14.5. The Morgan fingerprint density at radius 3 is 2.75 bits per heavy atom. The van der Waals surface area contributed by atoms with E-state index in [9.17, 15) is 4.79 Å². The summed E-state index contributed by atoms with van der Waals surface area (Å²) in [4.78, 5) is 16.2. The van der Waals surface area contributed by atoms with E-state index in [1.165, 1.54) is 25.7 Å². The van der Waals surface area contributed by atoms with Crippen molar-refractivity contribution >= 4 is 23.3 Å². The molecule has 0 aromatic carbocycles. The zero-order valence-electron chi connectivity index (χ0n) is 11.7. The molecule has 1 aliphatic carbocycles. The van der Waals surface area contributed by atoms with Crippen LogP contribution < -0.4 is 16.6 Å². The van der Waals surface area contributed by atoms with E-state index >= 15 is 0 Å². The number of nitrogens with two attached hydrogens (primary N) is 1. The fourth-order valence-corrected chi connectivity index (χ4v) is 2.73. The molecular formula is C14H21ClN4O. The third kappa shape index (κ3) is 3.84. The average molecular weight is 297 g/mol. The number of carbonyl (C=O) groups excluding carboxylic acids is 1. The fourth-order valence-electron chi connectivity index (χ4n) is 2.54. The van der Waals surface area contributed by atoms with Crippen LogP contribution in [0.15, 0.2) is 12.1 Å². The molecule has 0 aliphatic heterocycles. The van der Waals surface area contributed by atoms with E-state index < -0.39 is 0 Å². The molecule has 0 unspecified atom stereocenters. The maximum Gasteiger partial charge on any atom is 0.271 e. The van der Waals surface area contributed by atoms with Crippen LogP contribution in [-0.4, -0.2) is 17.4 Å². The molecule has 0 radical (unpaired) electrons. The largest absolute Gasteiger partial charge is 0.350 e. The minimum Gasteiger partial charge on any atom is -0.350 e. The molecule has 1 fully saturated rings. The Morgan fingerprint density at radius 2 is 2.10 bits per heavy atom. The van der Waals surface area contributed by atoms with Crippen molar-refractivity contribution in [2.24, 2.45) is 17.7 Å². The number of pyridine rings is 1. The standard InChI is InChI=1S/C14H21ClN4O/c1-9-2-4-10(5-3-9)8-17-14(20)13-11(15)6-7-12(18-13)19-16/h6-7,9-10H,2-5,8,16H2,1H3,(H,17,20)(H,18,19). The molecule has 0 atom stereocenters. The van der Waals surface area contributed by atoms with Crippen molar-refractivity contribution in [1.29, 1.82) is 0 Å². The Bertz CT molecular complexity index is 472. The topological polar surface area (TPSA) is 80.0 Å². The van der Waals surface area contributed by atoms with E-state index in [-0.39, 0.29) is 11.6 Å². The number of aromatic nitrogens is 1. The van der Waals surface area contributed by atoms with E-state index in [0.717, 1.165) is 5.92 Å². The number of halogens is 1. The van der Waals surface area contributed by atoms with Gasteiger partial charge in [-0.05, 0) is 36.8 Å². The number of anilines is 1. The van der Waals surface area contributed by atoms with Gasteiger partial charge in [0.15, 0.2) is 0 Å². The summed E-state index contributed by atoms with van der Waals surface area (Å²) in [6.07, 6.45) is 4.83. The molecule has 1 saturated carbocycles. The number of hydrazine groups is 1. The molecule has 0 saturated heterocycles. The molecule has 4 N–H and O–H groups in total. The number of hydrogen-bond acceptors (Lipinski definition) is 4. The lowest BCUT2D eigenvalue weighted by Gasteiger charge is -2.26. The van der Waals surface area contributed by atoms with Gasteiger partial charge in [0.1, 0.15) is 11.5 Å². The number of amides is 1. The van der Waals surface area contributed by atoms with Crippen LogP contribution in [0.5, 0.6) is 0 Å². The lowest BCUT2D eigenvalue weighted by molar-refractivity contribution is 0.0937. The van der Waals surface area contributed by atoms with Crippen molar-refractivity contribution in [3.05, 3.63) is 22.8 Å². The SMILES string of the molecule is CC1CCC(CNC(=O)c2nc(NN)ccc2Cl)CC1. The maximum atomic E-state index is 12.1. The van der Waals surface area contributed by atoms with Gasteiger partial charge in [-0.2, -0.15) is 0 Å². The van der Waals surface area contributed by atoms with Gasteiger partial charge in [-0.15, -0.1) is 0 Å². The third-order valence-corrected chi connectivity index (χ3v) is 4.20. The van der Waals surface area contributed by atoms with Gasteiger partial charge in [0.05, 0.1) is 5.02 Å². The first kappa shape index (κ1) is 15.1. The number of rotatable bonds is 4. The van der Waals surface area contributed by atoms with Crippen LogP contribution in [0.4, 0.5) is 5.82 Å². The van der Waals surface area contributed by atoms with Gasteiger partial charge in [-0.3, -0.25) is 4.79 Å². The predicted molar refractivity (Wildman–Crippen MR) is 80.5 cm³/mol. The van der Waals surface area contributed by atoms with Crippen molar-refractivity contribution in [3.63, 3.8) is 0 Å². The third-order valence-electron chi connectivity index (χ3n) is 3.90. The van der Waals surface area contributed by atoms with Gasteiger partial charge in [0.2, 0.25) is 0 Å². The number of nitrogen functional groups attached to an aromatic ring is 1. The highest BCUT2D eigenvalue weighted by atomic mass is 35.5. The maximum absolute atomic E-state index is 12.1. The molecule has 20 heavy (non-hydrogen) atoms. The summed E-state index contributed by atoms with van der Waals surface area (Å²) < 4.78 is 0. The van der Waals surface area contributed by atoms with Crippen molar-refractivity contribution in [3.8, 4) is 0 Å².